The lowest BCUT2D eigenvalue weighted by atomic mass is 9.97. The molecule has 6 heteroatoms. The standard InChI is InChI=1S/C17H23NO4.HI/c1-11-6-7-18(2)13(8-11)16(19)12-9-14(20-3)17(22-5)15(10-12)21-4;/h6-10,13,16,19H,1-5H3;1H/p-1. The summed E-state index contributed by atoms with van der Waals surface area (Å²) in [6, 6.07) is 3.41. The van der Waals surface area contributed by atoms with Gasteiger partial charge in [-0.2, -0.15) is 0 Å². The van der Waals surface area contributed by atoms with Crippen LogP contribution < -0.4 is 38.2 Å². The summed E-state index contributed by atoms with van der Waals surface area (Å²) in [5, 5.41) is 10.8. The van der Waals surface area contributed by atoms with E-state index in [0.29, 0.717) is 22.8 Å². The SMILES string of the molecule is COc1cc(C(O)C2C=C(C)C=CN2C)cc(OC)c1OC.[I-]. The molecule has 1 N–H and O–H groups in total. The van der Waals surface area contributed by atoms with Crippen LogP contribution in [-0.4, -0.2) is 44.4 Å². The van der Waals surface area contributed by atoms with Gasteiger partial charge in [0, 0.05) is 7.05 Å². The van der Waals surface area contributed by atoms with Gasteiger partial charge in [0.1, 0.15) is 6.10 Å². The molecule has 0 saturated carbocycles. The van der Waals surface area contributed by atoms with E-state index in [2.05, 4.69) is 0 Å². The van der Waals surface area contributed by atoms with Crippen LogP contribution in [0, 0.1) is 0 Å². The number of ether oxygens (including phenoxy) is 3. The third kappa shape index (κ3) is 4.11. The van der Waals surface area contributed by atoms with Crippen LogP contribution in [0.5, 0.6) is 17.2 Å². The number of halogens is 1. The van der Waals surface area contributed by atoms with Crippen LogP contribution in [0.4, 0.5) is 0 Å². The van der Waals surface area contributed by atoms with Crippen LogP contribution in [0.15, 0.2) is 36.1 Å². The van der Waals surface area contributed by atoms with Gasteiger partial charge in [-0.05, 0) is 36.9 Å². The summed E-state index contributed by atoms with van der Waals surface area (Å²) in [5.41, 5.74) is 1.83. The molecule has 0 bridgehead atoms. The van der Waals surface area contributed by atoms with Crippen molar-refractivity contribution in [2.45, 2.75) is 19.1 Å². The Bertz CT molecular complexity index is 575. The van der Waals surface area contributed by atoms with Gasteiger partial charge in [-0.3, -0.25) is 0 Å². The minimum atomic E-state index is -0.710. The first-order valence-corrected chi connectivity index (χ1v) is 7.08. The predicted molar refractivity (Wildman–Crippen MR) is 85.5 cm³/mol. The number of hydrogen-bond donors (Lipinski definition) is 1. The molecule has 1 aromatic carbocycles. The molecule has 0 amide bonds. The number of hydrogen-bond acceptors (Lipinski definition) is 5. The molecule has 2 atom stereocenters. The molecule has 128 valence electrons. The largest absolute Gasteiger partial charge is 1.00 e. The van der Waals surface area contributed by atoms with E-state index in [0.717, 1.165) is 5.57 Å². The van der Waals surface area contributed by atoms with E-state index in [1.165, 1.54) is 0 Å². The lowest BCUT2D eigenvalue weighted by Crippen LogP contribution is -3.00. The van der Waals surface area contributed by atoms with Gasteiger partial charge in [0.25, 0.3) is 0 Å². The van der Waals surface area contributed by atoms with Gasteiger partial charge in [0.15, 0.2) is 11.5 Å². The van der Waals surface area contributed by atoms with Gasteiger partial charge in [-0.1, -0.05) is 11.6 Å². The number of allylic oxidation sites excluding steroid dienone is 2. The van der Waals surface area contributed by atoms with Crippen LogP contribution in [0.25, 0.3) is 0 Å². The summed E-state index contributed by atoms with van der Waals surface area (Å²) in [6.45, 7) is 2.01. The van der Waals surface area contributed by atoms with Crippen molar-refractivity contribution in [3.8, 4) is 17.2 Å². The van der Waals surface area contributed by atoms with Crippen molar-refractivity contribution in [1.29, 1.82) is 0 Å². The highest BCUT2D eigenvalue weighted by Crippen LogP contribution is 2.40. The van der Waals surface area contributed by atoms with Gasteiger partial charge in [0.05, 0.1) is 27.4 Å². The van der Waals surface area contributed by atoms with Crippen LogP contribution in [0.1, 0.15) is 18.6 Å². The van der Waals surface area contributed by atoms with E-state index in [1.54, 1.807) is 33.5 Å². The zero-order valence-electron chi connectivity index (χ0n) is 14.0. The fourth-order valence-corrected chi connectivity index (χ4v) is 2.56. The molecule has 0 aliphatic carbocycles. The summed E-state index contributed by atoms with van der Waals surface area (Å²) in [6.07, 6.45) is 5.30. The molecule has 1 aliphatic rings. The summed E-state index contributed by atoms with van der Waals surface area (Å²) < 4.78 is 16.0. The average Bonchev–Trinajstić information content (AvgIpc) is 2.54. The maximum absolute atomic E-state index is 10.8. The quantitative estimate of drug-likeness (QED) is 0.638. The van der Waals surface area contributed by atoms with Gasteiger partial charge < -0.3 is 48.2 Å². The number of nitrogens with zero attached hydrogens (tertiary/aromatic N) is 1. The maximum atomic E-state index is 10.8. The van der Waals surface area contributed by atoms with Gasteiger partial charge in [-0.15, -0.1) is 0 Å². The molecule has 1 aliphatic heterocycles. The Labute approximate surface area is 154 Å². The zero-order chi connectivity index (χ0) is 16.3. The third-order valence-corrected chi connectivity index (χ3v) is 3.83. The Morgan fingerprint density at radius 1 is 1.09 bits per heavy atom. The Morgan fingerprint density at radius 3 is 2.13 bits per heavy atom. The van der Waals surface area contributed by atoms with E-state index in [9.17, 15) is 5.11 Å². The summed E-state index contributed by atoms with van der Waals surface area (Å²) in [7, 11) is 6.62. The Balaban J connectivity index is 0.00000264. The molecule has 0 saturated heterocycles. The average molecular weight is 432 g/mol. The van der Waals surface area contributed by atoms with Crippen molar-refractivity contribution in [1.82, 2.24) is 4.90 Å². The van der Waals surface area contributed by atoms with Crippen LogP contribution in [-0.2, 0) is 0 Å². The molecule has 23 heavy (non-hydrogen) atoms. The highest BCUT2D eigenvalue weighted by Gasteiger charge is 2.26. The summed E-state index contributed by atoms with van der Waals surface area (Å²) in [5.74, 6) is 1.58. The van der Waals surface area contributed by atoms with E-state index in [1.807, 2.05) is 37.2 Å². The Morgan fingerprint density at radius 2 is 1.65 bits per heavy atom. The Kier molecular flexibility index (Phi) is 7.21. The molecule has 0 spiro atoms. The minimum Gasteiger partial charge on any atom is -1.00 e. The lowest BCUT2D eigenvalue weighted by molar-refractivity contribution is -0.00000715. The number of aliphatic hydroxyl groups excluding tert-OH is 1. The van der Waals surface area contributed by atoms with Crippen molar-refractivity contribution in [2.75, 3.05) is 28.4 Å². The predicted octanol–water partition coefficient (Wildman–Crippen LogP) is -0.476. The van der Waals surface area contributed by atoms with Gasteiger partial charge in [-0.25, -0.2) is 0 Å². The summed E-state index contributed by atoms with van der Waals surface area (Å²) in [4.78, 5) is 1.97. The van der Waals surface area contributed by atoms with Gasteiger partial charge in [0.2, 0.25) is 5.75 Å². The Hall–Kier alpha value is -1.41. The second kappa shape index (κ2) is 8.44. The number of benzene rings is 1. The van der Waals surface area contributed by atoms with Crippen LogP contribution in [0.2, 0.25) is 0 Å². The smallest absolute Gasteiger partial charge is 0.203 e. The second-order valence-corrected chi connectivity index (χ2v) is 5.29. The number of rotatable bonds is 5. The van der Waals surface area contributed by atoms with Crippen molar-refractivity contribution in [3.05, 3.63) is 41.6 Å². The zero-order valence-corrected chi connectivity index (χ0v) is 16.2. The molecule has 0 radical (unpaired) electrons. The number of methoxy groups -OCH3 is 3. The van der Waals surface area contributed by atoms with Gasteiger partial charge >= 0.3 is 0 Å². The molecule has 0 aromatic heterocycles. The van der Waals surface area contributed by atoms with Crippen molar-refractivity contribution < 1.29 is 43.3 Å². The lowest BCUT2D eigenvalue weighted by Gasteiger charge is -2.32. The fraction of sp³-hybridized carbons (Fsp3) is 0.412. The second-order valence-electron chi connectivity index (χ2n) is 5.29. The van der Waals surface area contributed by atoms with Crippen LogP contribution >= 0.6 is 0 Å². The van der Waals surface area contributed by atoms with Crippen molar-refractivity contribution >= 4 is 0 Å². The maximum Gasteiger partial charge on any atom is 0.203 e. The van der Waals surface area contributed by atoms with E-state index >= 15 is 0 Å². The van der Waals surface area contributed by atoms with E-state index < -0.39 is 6.10 Å². The number of likely N-dealkylation sites (N-methyl/N-ethyl adjacent to an activating group) is 1. The molecule has 1 heterocycles. The van der Waals surface area contributed by atoms with E-state index in [-0.39, 0.29) is 30.0 Å². The third-order valence-electron chi connectivity index (χ3n) is 3.83. The summed E-state index contributed by atoms with van der Waals surface area (Å²) >= 11 is 0. The molecule has 0 fully saturated rings. The first-order valence-electron chi connectivity index (χ1n) is 7.08. The minimum absolute atomic E-state index is 0. The first kappa shape index (κ1) is 19.6. The molecule has 2 unspecified atom stereocenters. The topological polar surface area (TPSA) is 51.2 Å². The van der Waals surface area contributed by atoms with Crippen molar-refractivity contribution in [2.24, 2.45) is 0 Å². The molecular formula is C17H23INO4-. The number of aliphatic hydroxyl groups is 1. The van der Waals surface area contributed by atoms with E-state index in [4.69, 9.17) is 14.2 Å². The van der Waals surface area contributed by atoms with Crippen molar-refractivity contribution in [3.63, 3.8) is 0 Å². The molecular weight excluding hydrogens is 409 g/mol. The fourth-order valence-electron chi connectivity index (χ4n) is 2.56. The molecule has 1 aromatic rings. The normalized spacial score (nSPS) is 17.9. The monoisotopic (exact) mass is 432 g/mol. The highest BCUT2D eigenvalue weighted by atomic mass is 127. The highest BCUT2D eigenvalue weighted by molar-refractivity contribution is 5.54. The molecule has 5 nitrogen and oxygen atoms in total. The molecule has 2 rings (SSSR count). The van der Waals surface area contributed by atoms with Crippen LogP contribution in [0.3, 0.4) is 0 Å². The first-order chi connectivity index (χ1) is 10.5.